The van der Waals surface area contributed by atoms with Crippen molar-refractivity contribution in [2.45, 2.75) is 26.6 Å². The molecule has 5 rings (SSSR count). The first-order valence-corrected chi connectivity index (χ1v) is 11.6. The Kier molecular flexibility index (Phi) is 6.42. The molecule has 7 nitrogen and oxygen atoms in total. The number of aromatic nitrogens is 3. The summed E-state index contributed by atoms with van der Waals surface area (Å²) in [7, 11) is 0. The number of nitrogens with zero attached hydrogens (tertiary/aromatic N) is 4. The topological polar surface area (TPSA) is 83.3 Å². The van der Waals surface area contributed by atoms with Crippen molar-refractivity contribution < 1.29 is 18.7 Å². The molecule has 1 amide bonds. The van der Waals surface area contributed by atoms with Crippen LogP contribution in [0.2, 0.25) is 5.02 Å². The van der Waals surface area contributed by atoms with Gasteiger partial charge in [0.05, 0.1) is 23.0 Å². The molecular formula is C26H22ClF2N5O2. The smallest absolute Gasteiger partial charge is 0.270 e. The van der Waals surface area contributed by atoms with Crippen molar-refractivity contribution in [3.8, 4) is 11.3 Å². The summed E-state index contributed by atoms with van der Waals surface area (Å²) in [6.45, 7) is 2.84. The fourth-order valence-corrected chi connectivity index (χ4v) is 4.47. The van der Waals surface area contributed by atoms with Gasteiger partial charge in [-0.3, -0.25) is 4.79 Å². The van der Waals surface area contributed by atoms with Crippen molar-refractivity contribution in [2.75, 3.05) is 11.9 Å². The zero-order chi connectivity index (χ0) is 25.4. The van der Waals surface area contributed by atoms with Crippen LogP contribution in [0, 0.1) is 18.6 Å². The monoisotopic (exact) mass is 509 g/mol. The summed E-state index contributed by atoms with van der Waals surface area (Å²) < 4.78 is 29.0. The number of aliphatic hydroxyl groups is 1. The van der Waals surface area contributed by atoms with E-state index in [0.717, 1.165) is 11.1 Å². The van der Waals surface area contributed by atoms with Crippen LogP contribution in [0.5, 0.6) is 0 Å². The van der Waals surface area contributed by atoms with Gasteiger partial charge in [0.15, 0.2) is 0 Å². The van der Waals surface area contributed by atoms with Crippen LogP contribution in [0.25, 0.3) is 11.3 Å². The predicted octanol–water partition coefficient (Wildman–Crippen LogP) is 5.08. The van der Waals surface area contributed by atoms with Crippen molar-refractivity contribution in [2.24, 2.45) is 0 Å². The molecule has 0 spiro atoms. The number of anilines is 2. The van der Waals surface area contributed by atoms with Crippen molar-refractivity contribution in [1.82, 2.24) is 19.4 Å². The van der Waals surface area contributed by atoms with E-state index in [0.29, 0.717) is 41.3 Å². The number of aliphatic hydroxyl groups excluding tert-OH is 1. The van der Waals surface area contributed by atoms with Crippen molar-refractivity contribution >= 4 is 29.1 Å². The summed E-state index contributed by atoms with van der Waals surface area (Å²) >= 11 is 6.11. The third-order valence-electron chi connectivity index (χ3n) is 6.14. The molecular weight excluding hydrogens is 488 g/mol. The quantitative estimate of drug-likeness (QED) is 0.379. The molecule has 0 aliphatic carbocycles. The number of benzene rings is 2. The number of hydrogen-bond acceptors (Lipinski definition) is 5. The number of aryl methyl sites for hydroxylation is 1. The van der Waals surface area contributed by atoms with E-state index in [4.69, 9.17) is 11.6 Å². The summed E-state index contributed by atoms with van der Waals surface area (Å²) in [6.07, 6.45) is 3.53. The Morgan fingerprint density at radius 1 is 1.08 bits per heavy atom. The number of fused-ring (bicyclic) bond motifs is 1. The molecule has 0 radical (unpaired) electrons. The maximum atomic E-state index is 13.8. The molecule has 0 bridgehead atoms. The molecule has 2 N–H and O–H groups in total. The van der Waals surface area contributed by atoms with E-state index in [1.165, 1.54) is 36.4 Å². The normalized spacial score (nSPS) is 13.1. The molecule has 2 aromatic carbocycles. The lowest BCUT2D eigenvalue weighted by Crippen LogP contribution is -2.39. The highest BCUT2D eigenvalue weighted by Gasteiger charge is 2.27. The van der Waals surface area contributed by atoms with Crippen LogP contribution in [-0.4, -0.2) is 37.0 Å². The fourth-order valence-electron chi connectivity index (χ4n) is 4.25. The standard InChI is InChI=1S/C26H22ClF2N5O2/c1-15-11-30-26(31-22-5-4-20(29)10-21(22)27)32-24(15)18-9-23-25(36)34(7-6-33(23)13-18)12-17-8-19(28)3-2-16(17)14-35/h2-5,8-11,13,35H,6-7,12,14H2,1H3,(H,30,31,32). The first kappa shape index (κ1) is 23.9. The van der Waals surface area contributed by atoms with Gasteiger partial charge < -0.3 is 19.9 Å². The van der Waals surface area contributed by atoms with Gasteiger partial charge in [0.1, 0.15) is 17.3 Å². The third-order valence-corrected chi connectivity index (χ3v) is 6.45. The minimum atomic E-state index is -0.445. The van der Waals surface area contributed by atoms with Gasteiger partial charge in [0, 0.05) is 37.6 Å². The van der Waals surface area contributed by atoms with E-state index < -0.39 is 11.6 Å². The van der Waals surface area contributed by atoms with Gasteiger partial charge in [-0.05, 0) is 60.0 Å². The predicted molar refractivity (Wildman–Crippen MR) is 132 cm³/mol. The van der Waals surface area contributed by atoms with Crippen molar-refractivity contribution in [3.63, 3.8) is 0 Å². The average molecular weight is 510 g/mol. The molecule has 1 aliphatic heterocycles. The second kappa shape index (κ2) is 9.67. The molecule has 4 aromatic rings. The molecule has 36 heavy (non-hydrogen) atoms. The Bertz CT molecular complexity index is 1470. The van der Waals surface area contributed by atoms with Gasteiger partial charge in [-0.1, -0.05) is 17.7 Å². The van der Waals surface area contributed by atoms with Crippen molar-refractivity contribution in [1.29, 1.82) is 0 Å². The molecule has 0 saturated heterocycles. The number of hydrogen-bond donors (Lipinski definition) is 2. The number of carbonyl (C=O) groups is 1. The molecule has 0 fully saturated rings. The van der Waals surface area contributed by atoms with Gasteiger partial charge in [0.2, 0.25) is 5.95 Å². The average Bonchev–Trinajstić information content (AvgIpc) is 3.29. The van der Waals surface area contributed by atoms with Gasteiger partial charge in [-0.2, -0.15) is 0 Å². The second-order valence-corrected chi connectivity index (χ2v) is 8.99. The highest BCUT2D eigenvalue weighted by molar-refractivity contribution is 6.33. The van der Waals surface area contributed by atoms with Crippen LogP contribution in [0.4, 0.5) is 20.4 Å². The van der Waals surface area contributed by atoms with Crippen LogP contribution in [0.3, 0.4) is 0 Å². The Labute approximate surface area is 211 Å². The Morgan fingerprint density at radius 3 is 2.64 bits per heavy atom. The summed E-state index contributed by atoms with van der Waals surface area (Å²) in [5.74, 6) is -0.769. The molecule has 0 atom stereocenters. The number of halogens is 3. The SMILES string of the molecule is Cc1cnc(Nc2ccc(F)cc2Cl)nc1-c1cc2n(c1)CCN(Cc1cc(F)ccc1CO)C2=O. The van der Waals surface area contributed by atoms with Crippen LogP contribution in [0.15, 0.2) is 54.9 Å². The summed E-state index contributed by atoms with van der Waals surface area (Å²) in [6, 6.07) is 9.94. The van der Waals surface area contributed by atoms with E-state index >= 15 is 0 Å². The van der Waals surface area contributed by atoms with Gasteiger partial charge in [-0.15, -0.1) is 0 Å². The van der Waals surface area contributed by atoms with Gasteiger partial charge in [0.25, 0.3) is 5.91 Å². The van der Waals surface area contributed by atoms with Gasteiger partial charge in [-0.25, -0.2) is 18.7 Å². The Morgan fingerprint density at radius 2 is 1.86 bits per heavy atom. The summed E-state index contributed by atoms with van der Waals surface area (Å²) in [4.78, 5) is 23.8. The molecule has 3 heterocycles. The molecule has 0 unspecified atom stereocenters. The lowest BCUT2D eigenvalue weighted by molar-refractivity contribution is 0.0689. The largest absolute Gasteiger partial charge is 0.392 e. The van der Waals surface area contributed by atoms with Crippen LogP contribution >= 0.6 is 11.6 Å². The Hall–Kier alpha value is -3.82. The lowest BCUT2D eigenvalue weighted by Gasteiger charge is -2.29. The van der Waals surface area contributed by atoms with Crippen LogP contribution < -0.4 is 5.32 Å². The maximum Gasteiger partial charge on any atom is 0.270 e. The fraction of sp³-hybridized carbons (Fsp3) is 0.192. The van der Waals surface area contributed by atoms with Gasteiger partial charge >= 0.3 is 0 Å². The highest BCUT2D eigenvalue weighted by atomic mass is 35.5. The maximum absolute atomic E-state index is 13.8. The van der Waals surface area contributed by atoms with E-state index in [2.05, 4.69) is 15.3 Å². The minimum Gasteiger partial charge on any atom is -0.392 e. The first-order valence-electron chi connectivity index (χ1n) is 11.3. The number of nitrogens with one attached hydrogen (secondary N) is 1. The number of rotatable bonds is 6. The number of amides is 1. The zero-order valence-electron chi connectivity index (χ0n) is 19.3. The Balaban J connectivity index is 1.41. The molecule has 1 aliphatic rings. The summed E-state index contributed by atoms with van der Waals surface area (Å²) in [5.41, 5.74) is 4.32. The van der Waals surface area contributed by atoms with E-state index in [9.17, 15) is 18.7 Å². The minimum absolute atomic E-state index is 0.191. The highest BCUT2D eigenvalue weighted by Crippen LogP contribution is 2.30. The van der Waals surface area contributed by atoms with Crippen LogP contribution in [0.1, 0.15) is 27.2 Å². The van der Waals surface area contributed by atoms with Crippen LogP contribution in [-0.2, 0) is 19.7 Å². The zero-order valence-corrected chi connectivity index (χ0v) is 20.1. The molecule has 0 saturated carbocycles. The molecule has 10 heteroatoms. The molecule has 184 valence electrons. The van der Waals surface area contributed by atoms with E-state index in [1.807, 2.05) is 17.7 Å². The van der Waals surface area contributed by atoms with Crippen molar-refractivity contribution in [3.05, 3.63) is 93.9 Å². The second-order valence-electron chi connectivity index (χ2n) is 8.58. The first-order chi connectivity index (χ1) is 17.3. The summed E-state index contributed by atoms with van der Waals surface area (Å²) in [5, 5.41) is 12.8. The third kappa shape index (κ3) is 4.67. The van der Waals surface area contributed by atoms with E-state index in [1.54, 1.807) is 17.2 Å². The molecule has 2 aromatic heterocycles. The lowest BCUT2D eigenvalue weighted by atomic mass is 10.1. The number of carbonyl (C=O) groups excluding carboxylic acids is 1. The van der Waals surface area contributed by atoms with E-state index in [-0.39, 0.29) is 30.0 Å².